The Balaban J connectivity index is 2.14. The Morgan fingerprint density at radius 1 is 0.547 bits per heavy atom. The number of hydrogen-bond acceptors (Lipinski definition) is 8. The molecule has 6 N–H and O–H groups in total. The number of unbranched alkanes of at least 4 members (excludes halogenated alkanes) is 5. The highest BCUT2D eigenvalue weighted by molar-refractivity contribution is 5.76. The van der Waals surface area contributed by atoms with Gasteiger partial charge in [0.25, 0.3) is 0 Å². The Morgan fingerprint density at radius 2 is 0.969 bits per heavy atom. The molecule has 0 aliphatic carbocycles. The predicted molar refractivity (Wildman–Crippen MR) is 266 cm³/mol. The van der Waals surface area contributed by atoms with Crippen molar-refractivity contribution in [2.75, 3.05) is 13.2 Å². The SMILES string of the molecule is CC/C=C\C/C=C\C/C=C\C/C=C\C/C=C\C/C=C\C/C=C\C/C=C\C/C=C\C/C=C\C/C=C\CCCCCC(=O)NC(COC1OC(CO)C(O)C(O)C1O)C(O)/C=C/CCCC. The maximum absolute atomic E-state index is 12.8. The summed E-state index contributed by atoms with van der Waals surface area (Å²) in [6.07, 6.45) is 61.2. The molecule has 1 amide bonds. The number of aliphatic hydroxyl groups is 5. The van der Waals surface area contributed by atoms with Crippen LogP contribution in [0.4, 0.5) is 0 Å². The van der Waals surface area contributed by atoms with E-state index in [1.807, 2.05) is 6.08 Å². The average Bonchev–Trinajstić information content (AvgIpc) is 3.29. The van der Waals surface area contributed by atoms with E-state index >= 15 is 0 Å². The van der Waals surface area contributed by atoms with Gasteiger partial charge in [-0.3, -0.25) is 4.79 Å². The summed E-state index contributed by atoms with van der Waals surface area (Å²) >= 11 is 0. The monoisotopic (exact) mass is 888 g/mol. The minimum atomic E-state index is -1.58. The summed E-state index contributed by atoms with van der Waals surface area (Å²) in [6.45, 7) is 3.44. The summed E-state index contributed by atoms with van der Waals surface area (Å²) in [7, 11) is 0. The van der Waals surface area contributed by atoms with Gasteiger partial charge in [-0.15, -0.1) is 0 Å². The van der Waals surface area contributed by atoms with E-state index in [1.54, 1.807) is 6.08 Å². The predicted octanol–water partition coefficient (Wildman–Crippen LogP) is 10.8. The molecule has 0 aromatic rings. The second-order valence-corrected chi connectivity index (χ2v) is 15.8. The molecule has 64 heavy (non-hydrogen) atoms. The lowest BCUT2D eigenvalue weighted by atomic mass is 9.99. The molecule has 0 saturated carbocycles. The van der Waals surface area contributed by atoms with Crippen LogP contribution >= 0.6 is 0 Å². The zero-order valence-corrected chi connectivity index (χ0v) is 39.2. The zero-order valence-electron chi connectivity index (χ0n) is 39.2. The van der Waals surface area contributed by atoms with Gasteiger partial charge in [0.05, 0.1) is 25.4 Å². The van der Waals surface area contributed by atoms with Crippen LogP contribution in [-0.2, 0) is 14.3 Å². The first-order chi connectivity index (χ1) is 31.3. The molecular formula is C55H85NO8. The molecule has 1 heterocycles. The normalized spacial score (nSPS) is 21.4. The summed E-state index contributed by atoms with van der Waals surface area (Å²) in [5.41, 5.74) is 0. The number of nitrogens with one attached hydrogen (secondary N) is 1. The molecule has 358 valence electrons. The third-order valence-electron chi connectivity index (χ3n) is 10.2. The van der Waals surface area contributed by atoms with E-state index in [9.17, 15) is 30.3 Å². The second-order valence-electron chi connectivity index (χ2n) is 15.8. The molecule has 1 rings (SSSR count). The second kappa shape index (κ2) is 43.0. The quantitative estimate of drug-likeness (QED) is 0.0267. The van der Waals surface area contributed by atoms with Gasteiger partial charge in [0, 0.05) is 6.42 Å². The van der Waals surface area contributed by atoms with Crippen molar-refractivity contribution in [3.8, 4) is 0 Å². The fourth-order valence-electron chi connectivity index (χ4n) is 6.32. The number of carbonyl (C=O) groups is 1. The van der Waals surface area contributed by atoms with Crippen LogP contribution in [0.25, 0.3) is 0 Å². The van der Waals surface area contributed by atoms with Crippen LogP contribution in [-0.4, -0.2) is 87.5 Å². The van der Waals surface area contributed by atoms with Crippen molar-refractivity contribution in [1.29, 1.82) is 0 Å². The van der Waals surface area contributed by atoms with Crippen molar-refractivity contribution in [3.05, 3.63) is 146 Å². The number of aliphatic hydroxyl groups excluding tert-OH is 5. The molecule has 1 fully saturated rings. The van der Waals surface area contributed by atoms with E-state index in [0.29, 0.717) is 12.8 Å². The molecular weight excluding hydrogens is 803 g/mol. The molecule has 7 atom stereocenters. The molecule has 0 radical (unpaired) electrons. The number of ether oxygens (including phenoxy) is 2. The molecule has 7 unspecified atom stereocenters. The lowest BCUT2D eigenvalue weighted by Gasteiger charge is -2.40. The molecule has 9 heteroatoms. The molecule has 0 aromatic heterocycles. The van der Waals surface area contributed by atoms with E-state index < -0.39 is 49.5 Å². The minimum Gasteiger partial charge on any atom is -0.394 e. The molecule has 1 aliphatic heterocycles. The maximum atomic E-state index is 12.8. The fraction of sp³-hybridized carbons (Fsp3) is 0.545. The number of rotatable bonds is 37. The topological polar surface area (TPSA) is 149 Å². The van der Waals surface area contributed by atoms with Gasteiger partial charge in [-0.25, -0.2) is 0 Å². The van der Waals surface area contributed by atoms with Crippen molar-refractivity contribution in [1.82, 2.24) is 5.32 Å². The van der Waals surface area contributed by atoms with Crippen molar-refractivity contribution in [3.63, 3.8) is 0 Å². The van der Waals surface area contributed by atoms with Gasteiger partial charge in [-0.1, -0.05) is 179 Å². The van der Waals surface area contributed by atoms with E-state index in [0.717, 1.165) is 109 Å². The standard InChI is InChI=1S/C55H85NO8/c1-3-5-7-9-10-11-12-13-14-15-16-17-18-19-20-21-22-23-24-25-26-27-28-29-30-31-32-33-34-35-36-37-38-39-40-41-43-45-51(59)56-48(49(58)44-42-8-6-4-2)47-63-55-54(62)53(61)52(60)50(46-57)64-55/h5,7,10-11,13-14,16-17,19-20,22-23,25-26,28-29,31-32,34-35,37-38,42,44,48-50,52-55,57-58,60-62H,3-4,6,8-9,12,15,18,21,24,27,30,33,36,39-41,43,45-47H2,1-2H3,(H,56,59)/b7-5-,11-10-,14-13-,17-16-,20-19-,23-22-,26-25-,29-28-,32-31-,35-34-,38-37-,44-42+. The first kappa shape index (κ1) is 58.1. The lowest BCUT2D eigenvalue weighted by molar-refractivity contribution is -0.302. The van der Waals surface area contributed by atoms with Crippen molar-refractivity contribution >= 4 is 5.91 Å². The summed E-state index contributed by atoms with van der Waals surface area (Å²) in [5, 5.41) is 53.5. The largest absolute Gasteiger partial charge is 0.394 e. The van der Waals surface area contributed by atoms with Crippen LogP contribution in [0.15, 0.2) is 146 Å². The van der Waals surface area contributed by atoms with Crippen molar-refractivity contribution in [2.45, 2.75) is 179 Å². The summed E-state index contributed by atoms with van der Waals surface area (Å²) in [6, 6.07) is -0.829. The number of allylic oxidation sites excluding steroid dienone is 23. The van der Waals surface area contributed by atoms with Gasteiger partial charge in [-0.05, 0) is 96.3 Å². The van der Waals surface area contributed by atoms with Gasteiger partial charge in [0.1, 0.15) is 24.4 Å². The van der Waals surface area contributed by atoms with E-state index in [2.05, 4.69) is 153 Å². The van der Waals surface area contributed by atoms with Gasteiger partial charge in [-0.2, -0.15) is 0 Å². The zero-order chi connectivity index (χ0) is 46.6. The maximum Gasteiger partial charge on any atom is 0.220 e. The average molecular weight is 888 g/mol. The fourth-order valence-corrected chi connectivity index (χ4v) is 6.32. The van der Waals surface area contributed by atoms with Crippen LogP contribution in [0, 0.1) is 0 Å². The van der Waals surface area contributed by atoms with Gasteiger partial charge in [0.2, 0.25) is 5.91 Å². The number of hydrogen-bond donors (Lipinski definition) is 6. The minimum absolute atomic E-state index is 0.216. The molecule has 1 saturated heterocycles. The van der Waals surface area contributed by atoms with Gasteiger partial charge in [0.15, 0.2) is 6.29 Å². The summed E-state index contributed by atoms with van der Waals surface area (Å²) < 4.78 is 11.1. The Morgan fingerprint density at radius 3 is 1.39 bits per heavy atom. The van der Waals surface area contributed by atoms with E-state index in [-0.39, 0.29) is 12.5 Å². The first-order valence-electron chi connectivity index (χ1n) is 24.1. The highest BCUT2D eigenvalue weighted by Gasteiger charge is 2.44. The van der Waals surface area contributed by atoms with Gasteiger partial charge >= 0.3 is 0 Å². The van der Waals surface area contributed by atoms with Crippen molar-refractivity contribution < 1.29 is 39.8 Å². The van der Waals surface area contributed by atoms with Gasteiger partial charge < -0.3 is 40.3 Å². The molecule has 0 spiro atoms. The Hall–Kier alpha value is -3.93. The Bertz CT molecular complexity index is 1500. The molecule has 0 bridgehead atoms. The van der Waals surface area contributed by atoms with Crippen LogP contribution in [0.1, 0.15) is 136 Å². The van der Waals surface area contributed by atoms with E-state index in [4.69, 9.17) is 9.47 Å². The number of carbonyl (C=O) groups excluding carboxylic acids is 1. The first-order valence-corrected chi connectivity index (χ1v) is 24.1. The Kier molecular flexibility index (Phi) is 39.0. The van der Waals surface area contributed by atoms with Crippen molar-refractivity contribution in [2.24, 2.45) is 0 Å². The highest BCUT2D eigenvalue weighted by Crippen LogP contribution is 2.22. The molecule has 1 aliphatic rings. The third kappa shape index (κ3) is 32.7. The molecule has 9 nitrogen and oxygen atoms in total. The smallest absolute Gasteiger partial charge is 0.220 e. The third-order valence-corrected chi connectivity index (χ3v) is 10.2. The lowest BCUT2D eigenvalue weighted by Crippen LogP contribution is -2.60. The summed E-state index contributed by atoms with van der Waals surface area (Å²) in [4.78, 5) is 12.8. The van der Waals surface area contributed by atoms with Crippen LogP contribution in [0.3, 0.4) is 0 Å². The molecule has 0 aromatic carbocycles. The van der Waals surface area contributed by atoms with E-state index in [1.165, 1.54) is 0 Å². The number of amides is 1. The Labute approximate surface area is 387 Å². The summed E-state index contributed by atoms with van der Waals surface area (Å²) in [5.74, 6) is -0.227. The van der Waals surface area contributed by atoms with Crippen LogP contribution < -0.4 is 5.32 Å². The van der Waals surface area contributed by atoms with Crippen LogP contribution in [0.2, 0.25) is 0 Å². The highest BCUT2D eigenvalue weighted by atomic mass is 16.7. The van der Waals surface area contributed by atoms with Crippen LogP contribution in [0.5, 0.6) is 0 Å².